The Morgan fingerprint density at radius 2 is 2.16 bits per heavy atom. The molecule has 1 heterocycles. The van der Waals surface area contributed by atoms with Gasteiger partial charge in [-0.3, -0.25) is 0 Å². The molecule has 3 nitrogen and oxygen atoms in total. The van der Waals surface area contributed by atoms with Gasteiger partial charge in [-0.05, 0) is 36.8 Å². The van der Waals surface area contributed by atoms with Crippen molar-refractivity contribution in [3.63, 3.8) is 0 Å². The Morgan fingerprint density at radius 3 is 2.79 bits per heavy atom. The predicted molar refractivity (Wildman–Crippen MR) is 82.6 cm³/mol. The number of carboxylic acids is 1. The predicted octanol–water partition coefficient (Wildman–Crippen LogP) is 4.52. The molecule has 0 bridgehead atoms. The summed E-state index contributed by atoms with van der Waals surface area (Å²) in [7, 11) is 0. The van der Waals surface area contributed by atoms with Gasteiger partial charge in [0, 0.05) is 21.6 Å². The van der Waals surface area contributed by atoms with Crippen LogP contribution in [0.15, 0.2) is 34.8 Å². The highest BCUT2D eigenvalue weighted by Gasteiger charge is 2.10. The van der Waals surface area contributed by atoms with Gasteiger partial charge in [-0.15, -0.1) is 11.3 Å². The number of nitrogens with one attached hydrogen (secondary N) is 1. The first-order chi connectivity index (χ1) is 9.06. The van der Waals surface area contributed by atoms with E-state index in [1.807, 2.05) is 12.1 Å². The quantitative estimate of drug-likeness (QED) is 0.824. The zero-order valence-corrected chi connectivity index (χ0v) is 13.0. The number of aromatic carboxylic acids is 1. The van der Waals surface area contributed by atoms with Crippen LogP contribution in [0.1, 0.15) is 15.2 Å². The van der Waals surface area contributed by atoms with Crippen LogP contribution >= 0.6 is 38.9 Å². The molecule has 0 fully saturated rings. The molecule has 1 aromatic carbocycles. The number of benzene rings is 1. The largest absolute Gasteiger partial charge is 0.478 e. The minimum atomic E-state index is -0.936. The molecule has 2 rings (SSSR count). The maximum atomic E-state index is 11.1. The lowest BCUT2D eigenvalue weighted by Crippen LogP contribution is -2.09. The monoisotopic (exact) mass is 359 g/mol. The zero-order valence-electron chi connectivity index (χ0n) is 9.82. The van der Waals surface area contributed by atoms with Crippen LogP contribution in [0.4, 0.5) is 5.69 Å². The third kappa shape index (κ3) is 3.96. The second kappa shape index (κ2) is 6.41. The molecule has 0 atom stereocenters. The van der Waals surface area contributed by atoms with Crippen molar-refractivity contribution < 1.29 is 9.90 Å². The summed E-state index contributed by atoms with van der Waals surface area (Å²) in [5.74, 6) is -0.936. The maximum absolute atomic E-state index is 11.1. The van der Waals surface area contributed by atoms with E-state index in [0.717, 1.165) is 15.2 Å². The number of carboxylic acid groups (broad SMARTS) is 1. The van der Waals surface area contributed by atoms with Gasteiger partial charge >= 0.3 is 5.97 Å². The molecule has 0 amide bonds. The zero-order chi connectivity index (χ0) is 13.8. The molecule has 0 aliphatic heterocycles. The maximum Gasteiger partial charge on any atom is 0.337 e. The third-order valence-electron chi connectivity index (χ3n) is 2.53. The highest BCUT2D eigenvalue weighted by atomic mass is 79.9. The Balaban J connectivity index is 2.02. The van der Waals surface area contributed by atoms with Gasteiger partial charge in [0.15, 0.2) is 0 Å². The first kappa shape index (κ1) is 14.4. The van der Waals surface area contributed by atoms with Crippen LogP contribution in [-0.2, 0) is 6.42 Å². The average molecular weight is 361 g/mol. The molecule has 2 aromatic rings. The standard InChI is InChI=1S/C13H11BrClNO2S/c14-8-1-3-10(13(17)18)11(7-8)16-6-5-9-2-4-12(15)19-9/h1-4,7,16H,5-6H2,(H,17,18). The minimum absolute atomic E-state index is 0.271. The summed E-state index contributed by atoms with van der Waals surface area (Å²) < 4.78 is 1.61. The van der Waals surface area contributed by atoms with E-state index in [0.29, 0.717) is 12.2 Å². The summed E-state index contributed by atoms with van der Waals surface area (Å²) >= 11 is 10.7. The molecular formula is C13H11BrClNO2S. The average Bonchev–Trinajstić information content (AvgIpc) is 2.75. The van der Waals surface area contributed by atoms with E-state index < -0.39 is 5.97 Å². The molecule has 19 heavy (non-hydrogen) atoms. The number of carbonyl (C=O) groups is 1. The topological polar surface area (TPSA) is 49.3 Å². The van der Waals surface area contributed by atoms with Gasteiger partial charge in [-0.2, -0.15) is 0 Å². The van der Waals surface area contributed by atoms with E-state index in [-0.39, 0.29) is 5.56 Å². The first-order valence-corrected chi connectivity index (χ1v) is 7.56. The van der Waals surface area contributed by atoms with Gasteiger partial charge in [0.05, 0.1) is 9.90 Å². The summed E-state index contributed by atoms with van der Waals surface area (Å²) in [6.07, 6.45) is 0.808. The van der Waals surface area contributed by atoms with Crippen molar-refractivity contribution in [1.82, 2.24) is 0 Å². The van der Waals surface area contributed by atoms with Crippen LogP contribution in [0, 0.1) is 0 Å². The minimum Gasteiger partial charge on any atom is -0.478 e. The molecule has 1 aromatic heterocycles. The molecule has 0 radical (unpaired) electrons. The number of anilines is 1. The first-order valence-electron chi connectivity index (χ1n) is 5.57. The van der Waals surface area contributed by atoms with Gasteiger partial charge < -0.3 is 10.4 Å². The molecule has 0 saturated heterocycles. The highest BCUT2D eigenvalue weighted by molar-refractivity contribution is 9.10. The molecule has 0 aliphatic rings. The molecule has 100 valence electrons. The molecule has 6 heteroatoms. The van der Waals surface area contributed by atoms with Gasteiger partial charge in [-0.1, -0.05) is 27.5 Å². The fourth-order valence-electron chi connectivity index (χ4n) is 1.66. The molecule has 0 spiro atoms. The summed E-state index contributed by atoms with van der Waals surface area (Å²) in [6.45, 7) is 0.660. The Kier molecular flexibility index (Phi) is 4.85. The molecular weight excluding hydrogens is 350 g/mol. The van der Waals surface area contributed by atoms with Crippen LogP contribution in [0.25, 0.3) is 0 Å². The summed E-state index contributed by atoms with van der Waals surface area (Å²) in [6, 6.07) is 8.91. The van der Waals surface area contributed by atoms with E-state index >= 15 is 0 Å². The number of halogens is 2. The fourth-order valence-corrected chi connectivity index (χ4v) is 3.10. The third-order valence-corrected chi connectivity index (χ3v) is 4.31. The van der Waals surface area contributed by atoms with Crippen molar-refractivity contribution >= 4 is 50.5 Å². The Morgan fingerprint density at radius 1 is 1.37 bits per heavy atom. The molecule has 0 unspecified atom stereocenters. The summed E-state index contributed by atoms with van der Waals surface area (Å²) in [5, 5.41) is 12.3. The number of hydrogen-bond donors (Lipinski definition) is 2. The number of rotatable bonds is 5. The Labute approximate surface area is 128 Å². The van der Waals surface area contributed by atoms with Gasteiger partial charge in [0.1, 0.15) is 0 Å². The van der Waals surface area contributed by atoms with Crippen molar-refractivity contribution in [2.75, 3.05) is 11.9 Å². The van der Waals surface area contributed by atoms with Crippen molar-refractivity contribution in [3.05, 3.63) is 49.6 Å². The second-order valence-electron chi connectivity index (χ2n) is 3.88. The van der Waals surface area contributed by atoms with Crippen LogP contribution < -0.4 is 5.32 Å². The van der Waals surface area contributed by atoms with Gasteiger partial charge in [0.25, 0.3) is 0 Å². The van der Waals surface area contributed by atoms with Crippen LogP contribution in [0.5, 0.6) is 0 Å². The van der Waals surface area contributed by atoms with Crippen molar-refractivity contribution in [1.29, 1.82) is 0 Å². The van der Waals surface area contributed by atoms with E-state index in [1.165, 1.54) is 16.2 Å². The van der Waals surface area contributed by atoms with E-state index in [9.17, 15) is 4.79 Å². The number of thiophene rings is 1. The highest BCUT2D eigenvalue weighted by Crippen LogP contribution is 2.23. The van der Waals surface area contributed by atoms with Crippen molar-refractivity contribution in [2.24, 2.45) is 0 Å². The number of hydrogen-bond acceptors (Lipinski definition) is 3. The lowest BCUT2D eigenvalue weighted by molar-refractivity contribution is 0.0698. The Hall–Kier alpha value is -1.04. The van der Waals surface area contributed by atoms with E-state index in [2.05, 4.69) is 21.2 Å². The van der Waals surface area contributed by atoms with Crippen LogP contribution in [-0.4, -0.2) is 17.6 Å². The lowest BCUT2D eigenvalue weighted by atomic mass is 10.2. The van der Waals surface area contributed by atoms with Crippen molar-refractivity contribution in [2.45, 2.75) is 6.42 Å². The van der Waals surface area contributed by atoms with Gasteiger partial charge in [0.2, 0.25) is 0 Å². The normalized spacial score (nSPS) is 10.4. The van der Waals surface area contributed by atoms with Gasteiger partial charge in [-0.25, -0.2) is 4.79 Å². The Bertz CT molecular complexity index is 600. The van der Waals surface area contributed by atoms with Crippen LogP contribution in [0.3, 0.4) is 0 Å². The second-order valence-corrected chi connectivity index (χ2v) is 6.59. The fraction of sp³-hybridized carbons (Fsp3) is 0.154. The molecule has 0 aliphatic carbocycles. The van der Waals surface area contributed by atoms with E-state index in [1.54, 1.807) is 18.2 Å². The molecule has 2 N–H and O–H groups in total. The van der Waals surface area contributed by atoms with E-state index in [4.69, 9.17) is 16.7 Å². The van der Waals surface area contributed by atoms with Crippen LogP contribution in [0.2, 0.25) is 4.34 Å². The lowest BCUT2D eigenvalue weighted by Gasteiger charge is -2.09. The summed E-state index contributed by atoms with van der Waals surface area (Å²) in [5.41, 5.74) is 0.886. The van der Waals surface area contributed by atoms with Crippen molar-refractivity contribution in [3.8, 4) is 0 Å². The molecule has 0 saturated carbocycles. The summed E-state index contributed by atoms with van der Waals surface area (Å²) in [4.78, 5) is 12.3. The SMILES string of the molecule is O=C(O)c1ccc(Br)cc1NCCc1ccc(Cl)s1. The smallest absolute Gasteiger partial charge is 0.337 e.